The third kappa shape index (κ3) is 4.31. The summed E-state index contributed by atoms with van der Waals surface area (Å²) in [4.78, 5) is 25.0. The van der Waals surface area contributed by atoms with Gasteiger partial charge < -0.3 is 5.32 Å². The van der Waals surface area contributed by atoms with Crippen LogP contribution in [-0.4, -0.2) is 15.7 Å². The molecule has 0 fully saturated rings. The summed E-state index contributed by atoms with van der Waals surface area (Å²) in [7, 11) is 0. The van der Waals surface area contributed by atoms with Crippen LogP contribution < -0.4 is 10.9 Å². The number of nitrogens with one attached hydrogen (secondary N) is 1. The molecule has 0 saturated heterocycles. The Hall–Kier alpha value is -2.92. The number of halogens is 1. The van der Waals surface area contributed by atoms with Crippen LogP contribution in [0.5, 0.6) is 0 Å². The fourth-order valence-corrected chi connectivity index (χ4v) is 3.38. The molecule has 1 aromatic heterocycles. The third-order valence-electron chi connectivity index (χ3n) is 4.59. The first kappa shape index (κ1) is 19.8. The molecule has 3 aromatic rings. The first-order valence-electron chi connectivity index (χ1n) is 9.27. The lowest BCUT2D eigenvalue weighted by Crippen LogP contribution is -2.27. The number of aromatic nitrogens is 2. The Morgan fingerprint density at radius 1 is 1.04 bits per heavy atom. The van der Waals surface area contributed by atoms with Gasteiger partial charge >= 0.3 is 0 Å². The molecule has 1 N–H and O–H groups in total. The van der Waals surface area contributed by atoms with Crippen LogP contribution >= 0.6 is 11.6 Å². The lowest BCUT2D eigenvalue weighted by atomic mass is 10.0. The van der Waals surface area contributed by atoms with Crippen molar-refractivity contribution in [3.05, 3.63) is 92.4 Å². The molecule has 0 aliphatic heterocycles. The number of anilines is 1. The lowest BCUT2D eigenvalue weighted by molar-refractivity contribution is 0.101. The molecule has 0 saturated carbocycles. The highest BCUT2D eigenvalue weighted by Crippen LogP contribution is 2.29. The third-order valence-corrected chi connectivity index (χ3v) is 4.94. The van der Waals surface area contributed by atoms with Crippen molar-refractivity contribution in [1.82, 2.24) is 9.78 Å². The van der Waals surface area contributed by atoms with Crippen LogP contribution in [0, 0.1) is 0 Å². The zero-order valence-electron chi connectivity index (χ0n) is 15.9. The number of nitrogens with zero attached hydrogens (tertiary/aromatic N) is 2. The summed E-state index contributed by atoms with van der Waals surface area (Å²) in [6.45, 7) is 4.32. The van der Waals surface area contributed by atoms with Crippen molar-refractivity contribution in [2.24, 2.45) is 0 Å². The molecule has 2 aromatic carbocycles. The summed E-state index contributed by atoms with van der Waals surface area (Å²) in [6, 6.07) is 16.1. The minimum absolute atomic E-state index is 0.180. The van der Waals surface area contributed by atoms with E-state index in [2.05, 4.69) is 10.4 Å². The molecule has 0 unspecified atom stereocenters. The van der Waals surface area contributed by atoms with Crippen molar-refractivity contribution >= 4 is 23.2 Å². The summed E-state index contributed by atoms with van der Waals surface area (Å²) >= 11 is 6.31. The molecule has 28 heavy (non-hydrogen) atoms. The van der Waals surface area contributed by atoms with Gasteiger partial charge in [-0.25, -0.2) is 4.68 Å². The van der Waals surface area contributed by atoms with E-state index in [1.54, 1.807) is 0 Å². The number of carbonyl (C=O) groups excluding carboxylic acids is 1. The molecule has 0 bridgehead atoms. The summed E-state index contributed by atoms with van der Waals surface area (Å²) in [5, 5.41) is 7.83. The van der Waals surface area contributed by atoms with E-state index in [0.717, 1.165) is 28.8 Å². The highest BCUT2D eigenvalue weighted by Gasteiger charge is 2.16. The maximum Gasteiger partial charge on any atom is 0.276 e. The van der Waals surface area contributed by atoms with Crippen LogP contribution in [-0.2, 0) is 19.4 Å². The predicted molar refractivity (Wildman–Crippen MR) is 112 cm³/mol. The van der Waals surface area contributed by atoms with Gasteiger partial charge in [-0.05, 0) is 41.7 Å². The molecule has 0 aliphatic carbocycles. The van der Waals surface area contributed by atoms with E-state index in [0.29, 0.717) is 18.0 Å². The second-order valence-electron chi connectivity index (χ2n) is 6.42. The number of rotatable bonds is 6. The van der Waals surface area contributed by atoms with Crippen LogP contribution in [0.25, 0.3) is 0 Å². The Balaban J connectivity index is 1.91. The van der Waals surface area contributed by atoms with Crippen LogP contribution in [0.3, 0.4) is 0 Å². The summed E-state index contributed by atoms with van der Waals surface area (Å²) in [6.07, 6.45) is 1.46. The van der Waals surface area contributed by atoms with E-state index in [1.165, 1.54) is 16.8 Å². The van der Waals surface area contributed by atoms with Gasteiger partial charge in [-0.3, -0.25) is 9.59 Å². The number of hydrogen-bond acceptors (Lipinski definition) is 3. The average molecular weight is 396 g/mol. The van der Waals surface area contributed by atoms with Crippen molar-refractivity contribution in [2.45, 2.75) is 33.2 Å². The van der Waals surface area contributed by atoms with Gasteiger partial charge in [0.15, 0.2) is 0 Å². The molecule has 0 radical (unpaired) electrons. The molecule has 3 rings (SSSR count). The van der Waals surface area contributed by atoms with E-state index < -0.39 is 0 Å². The highest BCUT2D eigenvalue weighted by molar-refractivity contribution is 6.32. The standard InChI is InChI=1S/C22H22ClN3O2/c1-3-16-10-11-18(23)17(4-2)21(16)24-22(28)19-12-13-20(27)26(25-19)14-15-8-6-5-7-9-15/h5-13H,3-4,14H2,1-2H3,(H,24,28). The van der Waals surface area contributed by atoms with Crippen LogP contribution in [0.2, 0.25) is 5.02 Å². The van der Waals surface area contributed by atoms with Gasteiger partial charge in [-0.2, -0.15) is 5.10 Å². The van der Waals surface area contributed by atoms with E-state index in [-0.39, 0.29) is 17.2 Å². The summed E-state index contributed by atoms with van der Waals surface area (Å²) in [5.74, 6) is -0.367. The Kier molecular flexibility index (Phi) is 6.26. The molecule has 144 valence electrons. The van der Waals surface area contributed by atoms with Gasteiger partial charge in [0.1, 0.15) is 5.69 Å². The topological polar surface area (TPSA) is 64.0 Å². The van der Waals surface area contributed by atoms with Gasteiger partial charge in [0, 0.05) is 16.8 Å². The summed E-state index contributed by atoms with van der Waals surface area (Å²) < 4.78 is 1.30. The lowest BCUT2D eigenvalue weighted by Gasteiger charge is -2.16. The van der Waals surface area contributed by atoms with Gasteiger partial charge in [-0.1, -0.05) is 61.8 Å². The smallest absolute Gasteiger partial charge is 0.276 e. The Labute approximate surface area is 169 Å². The van der Waals surface area contributed by atoms with Crippen LogP contribution in [0.15, 0.2) is 59.4 Å². The highest BCUT2D eigenvalue weighted by atomic mass is 35.5. The van der Waals surface area contributed by atoms with Crippen molar-refractivity contribution < 1.29 is 4.79 Å². The van der Waals surface area contributed by atoms with Crippen molar-refractivity contribution in [3.63, 3.8) is 0 Å². The minimum atomic E-state index is -0.367. The van der Waals surface area contributed by atoms with Crippen molar-refractivity contribution in [3.8, 4) is 0 Å². The fourth-order valence-electron chi connectivity index (χ4n) is 3.08. The van der Waals surface area contributed by atoms with Crippen molar-refractivity contribution in [1.29, 1.82) is 0 Å². The second-order valence-corrected chi connectivity index (χ2v) is 6.83. The number of carbonyl (C=O) groups is 1. The second kappa shape index (κ2) is 8.85. The molecule has 0 aliphatic rings. The van der Waals surface area contributed by atoms with Gasteiger partial charge in [0.05, 0.1) is 6.54 Å². The van der Waals surface area contributed by atoms with Crippen LogP contribution in [0.1, 0.15) is 41.0 Å². The predicted octanol–water partition coefficient (Wildman–Crippen LogP) is 4.32. The quantitative estimate of drug-likeness (QED) is 0.675. The normalized spacial score (nSPS) is 10.7. The van der Waals surface area contributed by atoms with Gasteiger partial charge in [0.25, 0.3) is 11.5 Å². The first-order valence-corrected chi connectivity index (χ1v) is 9.65. The van der Waals surface area contributed by atoms with Gasteiger partial charge in [-0.15, -0.1) is 0 Å². The Bertz CT molecular complexity index is 1050. The molecule has 6 heteroatoms. The van der Waals surface area contributed by atoms with Crippen molar-refractivity contribution in [2.75, 3.05) is 5.32 Å². The molecule has 1 heterocycles. The average Bonchev–Trinajstić information content (AvgIpc) is 2.71. The monoisotopic (exact) mass is 395 g/mol. The molecular weight excluding hydrogens is 374 g/mol. The van der Waals surface area contributed by atoms with E-state index in [1.807, 2.05) is 56.3 Å². The zero-order chi connectivity index (χ0) is 20.1. The summed E-state index contributed by atoms with van der Waals surface area (Å²) in [5.41, 5.74) is 3.49. The number of benzene rings is 2. The van der Waals surface area contributed by atoms with E-state index in [4.69, 9.17) is 11.6 Å². The maximum atomic E-state index is 12.8. The first-order chi connectivity index (χ1) is 13.5. The fraction of sp³-hybridized carbons (Fsp3) is 0.227. The van der Waals surface area contributed by atoms with Gasteiger partial charge in [0.2, 0.25) is 0 Å². The minimum Gasteiger partial charge on any atom is -0.320 e. The maximum absolute atomic E-state index is 12.8. The van der Waals surface area contributed by atoms with E-state index >= 15 is 0 Å². The molecule has 0 spiro atoms. The largest absolute Gasteiger partial charge is 0.320 e. The molecule has 0 atom stereocenters. The molecular formula is C22H22ClN3O2. The Morgan fingerprint density at radius 3 is 2.46 bits per heavy atom. The number of aryl methyl sites for hydroxylation is 1. The van der Waals surface area contributed by atoms with Crippen LogP contribution in [0.4, 0.5) is 5.69 Å². The molecule has 1 amide bonds. The number of hydrogen-bond donors (Lipinski definition) is 1. The number of amides is 1. The zero-order valence-corrected chi connectivity index (χ0v) is 16.7. The molecule has 5 nitrogen and oxygen atoms in total. The van der Waals surface area contributed by atoms with E-state index in [9.17, 15) is 9.59 Å². The Morgan fingerprint density at radius 2 is 1.79 bits per heavy atom. The SMILES string of the molecule is CCc1ccc(Cl)c(CC)c1NC(=O)c1ccc(=O)n(Cc2ccccc2)n1.